The lowest BCUT2D eigenvalue weighted by molar-refractivity contribution is 0.477. The van der Waals surface area contributed by atoms with Gasteiger partial charge < -0.3 is 10.4 Å². The van der Waals surface area contributed by atoms with Crippen molar-refractivity contribution in [3.8, 4) is 28.1 Å². The minimum atomic E-state index is -0.209. The number of nitrogens with zero attached hydrogens (tertiary/aromatic N) is 4. The Morgan fingerprint density at radius 2 is 1.91 bits per heavy atom. The third kappa shape index (κ3) is 2.89. The highest BCUT2D eigenvalue weighted by Gasteiger charge is 2.09. The Morgan fingerprint density at radius 1 is 1.09 bits per heavy atom. The van der Waals surface area contributed by atoms with Gasteiger partial charge in [-0.3, -0.25) is 4.79 Å². The lowest BCUT2D eigenvalue weighted by atomic mass is 10.0. The van der Waals surface area contributed by atoms with Gasteiger partial charge in [-0.05, 0) is 29.8 Å². The molecular weight excluding hydrogens is 294 g/mol. The van der Waals surface area contributed by atoms with E-state index in [4.69, 9.17) is 0 Å². The van der Waals surface area contributed by atoms with E-state index in [2.05, 4.69) is 20.6 Å². The van der Waals surface area contributed by atoms with Crippen molar-refractivity contribution < 1.29 is 5.11 Å². The Labute approximate surface area is 132 Å². The van der Waals surface area contributed by atoms with Crippen LogP contribution in [-0.2, 0) is 7.05 Å². The second kappa shape index (κ2) is 5.88. The zero-order chi connectivity index (χ0) is 16.4. The highest BCUT2D eigenvalue weighted by Crippen LogP contribution is 2.31. The summed E-state index contributed by atoms with van der Waals surface area (Å²) in [6.07, 6.45) is 1.58. The van der Waals surface area contributed by atoms with Crippen LogP contribution < -0.4 is 10.9 Å². The average Bonchev–Trinajstić information content (AvgIpc) is 2.57. The SMILES string of the molecule is CNc1ccc(-c2ccc(-c3cnn(C)c(=O)c3)cc2O)nn1. The Bertz CT molecular complexity index is 903. The van der Waals surface area contributed by atoms with Gasteiger partial charge in [0, 0.05) is 31.3 Å². The zero-order valence-electron chi connectivity index (χ0n) is 12.7. The summed E-state index contributed by atoms with van der Waals surface area (Å²) in [7, 11) is 3.34. The fourth-order valence-corrected chi connectivity index (χ4v) is 2.16. The normalized spacial score (nSPS) is 10.5. The molecule has 2 N–H and O–H groups in total. The molecule has 2 heterocycles. The van der Waals surface area contributed by atoms with Crippen molar-refractivity contribution in [3.63, 3.8) is 0 Å². The number of rotatable bonds is 3. The summed E-state index contributed by atoms with van der Waals surface area (Å²) in [4.78, 5) is 11.7. The van der Waals surface area contributed by atoms with Gasteiger partial charge in [-0.15, -0.1) is 10.2 Å². The number of aromatic nitrogens is 4. The maximum absolute atomic E-state index is 11.7. The van der Waals surface area contributed by atoms with Gasteiger partial charge in [-0.25, -0.2) is 4.68 Å². The first-order chi connectivity index (χ1) is 11.1. The van der Waals surface area contributed by atoms with E-state index in [9.17, 15) is 9.90 Å². The van der Waals surface area contributed by atoms with Crippen molar-refractivity contribution in [2.75, 3.05) is 12.4 Å². The predicted octanol–water partition coefficient (Wildman–Crippen LogP) is 1.65. The molecule has 0 unspecified atom stereocenters. The third-order valence-corrected chi connectivity index (χ3v) is 3.50. The fourth-order valence-electron chi connectivity index (χ4n) is 2.16. The number of nitrogens with one attached hydrogen (secondary N) is 1. The summed E-state index contributed by atoms with van der Waals surface area (Å²) >= 11 is 0. The van der Waals surface area contributed by atoms with Crippen LogP contribution in [0.15, 0.2) is 47.4 Å². The highest BCUT2D eigenvalue weighted by molar-refractivity contribution is 5.73. The van der Waals surface area contributed by atoms with Gasteiger partial charge in [-0.2, -0.15) is 5.10 Å². The van der Waals surface area contributed by atoms with Crippen LogP contribution in [0.2, 0.25) is 0 Å². The first kappa shape index (κ1) is 14.7. The summed E-state index contributed by atoms with van der Waals surface area (Å²) in [5.74, 6) is 0.714. The number of aryl methyl sites for hydroxylation is 1. The van der Waals surface area contributed by atoms with Gasteiger partial charge >= 0.3 is 0 Å². The maximum Gasteiger partial charge on any atom is 0.267 e. The number of phenols is 1. The smallest absolute Gasteiger partial charge is 0.267 e. The van der Waals surface area contributed by atoms with E-state index in [1.54, 1.807) is 50.6 Å². The molecule has 2 aromatic heterocycles. The van der Waals surface area contributed by atoms with Crippen LogP contribution in [-0.4, -0.2) is 32.1 Å². The Kier molecular flexibility index (Phi) is 3.76. The van der Waals surface area contributed by atoms with Crippen LogP contribution in [0.5, 0.6) is 5.75 Å². The minimum absolute atomic E-state index is 0.0645. The molecule has 23 heavy (non-hydrogen) atoms. The molecule has 3 aromatic rings. The molecule has 7 heteroatoms. The molecule has 0 atom stereocenters. The molecule has 0 aliphatic rings. The molecule has 0 radical (unpaired) electrons. The average molecular weight is 309 g/mol. The standard InChI is InChI=1S/C16H15N5O2/c1-17-15-6-5-13(19-20-15)12-4-3-10(7-14(12)22)11-8-16(23)21(2)18-9-11/h3-9,22H,1-2H3,(H,17,20). The molecule has 3 rings (SSSR count). The topological polar surface area (TPSA) is 92.9 Å². The number of hydrogen-bond donors (Lipinski definition) is 2. The van der Waals surface area contributed by atoms with Gasteiger partial charge in [-0.1, -0.05) is 6.07 Å². The Hall–Kier alpha value is -3.22. The van der Waals surface area contributed by atoms with E-state index in [-0.39, 0.29) is 11.3 Å². The second-order valence-corrected chi connectivity index (χ2v) is 4.99. The monoisotopic (exact) mass is 309 g/mol. The summed E-state index contributed by atoms with van der Waals surface area (Å²) < 4.78 is 1.25. The predicted molar refractivity (Wildman–Crippen MR) is 87.2 cm³/mol. The summed E-state index contributed by atoms with van der Waals surface area (Å²) in [6.45, 7) is 0. The number of benzene rings is 1. The van der Waals surface area contributed by atoms with E-state index in [1.165, 1.54) is 10.7 Å². The van der Waals surface area contributed by atoms with Crippen molar-refractivity contribution in [1.82, 2.24) is 20.0 Å². The Balaban J connectivity index is 1.99. The van der Waals surface area contributed by atoms with Gasteiger partial charge in [0.15, 0.2) is 0 Å². The van der Waals surface area contributed by atoms with Crippen LogP contribution >= 0.6 is 0 Å². The number of anilines is 1. The largest absolute Gasteiger partial charge is 0.507 e. The molecular formula is C16H15N5O2. The zero-order valence-corrected chi connectivity index (χ0v) is 12.7. The van der Waals surface area contributed by atoms with E-state index < -0.39 is 0 Å². The number of hydrogen-bond acceptors (Lipinski definition) is 6. The Morgan fingerprint density at radius 3 is 2.52 bits per heavy atom. The van der Waals surface area contributed by atoms with Crippen molar-refractivity contribution in [1.29, 1.82) is 0 Å². The van der Waals surface area contributed by atoms with Crippen LogP contribution in [0.4, 0.5) is 5.82 Å². The van der Waals surface area contributed by atoms with Crippen molar-refractivity contribution in [3.05, 3.63) is 52.9 Å². The lowest BCUT2D eigenvalue weighted by Gasteiger charge is -2.07. The first-order valence-electron chi connectivity index (χ1n) is 6.97. The van der Waals surface area contributed by atoms with E-state index in [1.807, 2.05) is 0 Å². The van der Waals surface area contributed by atoms with Gasteiger partial charge in [0.05, 0.1) is 11.9 Å². The molecule has 0 saturated heterocycles. The molecule has 0 saturated carbocycles. The molecule has 1 aromatic carbocycles. The van der Waals surface area contributed by atoms with E-state index in [0.717, 1.165) is 0 Å². The van der Waals surface area contributed by atoms with Crippen LogP contribution in [0.25, 0.3) is 22.4 Å². The molecule has 0 aliphatic carbocycles. The quantitative estimate of drug-likeness (QED) is 0.764. The molecule has 116 valence electrons. The second-order valence-electron chi connectivity index (χ2n) is 4.99. The highest BCUT2D eigenvalue weighted by atomic mass is 16.3. The third-order valence-electron chi connectivity index (χ3n) is 3.50. The van der Waals surface area contributed by atoms with Gasteiger partial charge in [0.1, 0.15) is 11.6 Å². The van der Waals surface area contributed by atoms with E-state index >= 15 is 0 Å². The number of aromatic hydroxyl groups is 1. The van der Waals surface area contributed by atoms with Gasteiger partial charge in [0.25, 0.3) is 5.56 Å². The number of phenolic OH excluding ortho intramolecular Hbond substituents is 1. The fraction of sp³-hybridized carbons (Fsp3) is 0.125. The van der Waals surface area contributed by atoms with Crippen LogP contribution in [0, 0.1) is 0 Å². The first-order valence-corrected chi connectivity index (χ1v) is 6.97. The van der Waals surface area contributed by atoms with E-state index in [0.29, 0.717) is 28.2 Å². The molecule has 0 spiro atoms. The summed E-state index contributed by atoms with van der Waals surface area (Å²) in [5.41, 5.74) is 2.28. The minimum Gasteiger partial charge on any atom is -0.507 e. The van der Waals surface area contributed by atoms with Crippen molar-refractivity contribution >= 4 is 5.82 Å². The van der Waals surface area contributed by atoms with Crippen molar-refractivity contribution in [2.24, 2.45) is 7.05 Å². The molecule has 0 fully saturated rings. The molecule has 0 bridgehead atoms. The maximum atomic E-state index is 11.7. The van der Waals surface area contributed by atoms with Crippen molar-refractivity contribution in [2.45, 2.75) is 0 Å². The van der Waals surface area contributed by atoms with Crippen LogP contribution in [0.1, 0.15) is 0 Å². The van der Waals surface area contributed by atoms with Gasteiger partial charge in [0.2, 0.25) is 0 Å². The molecule has 0 amide bonds. The summed E-state index contributed by atoms with van der Waals surface area (Å²) in [5, 5.41) is 25.2. The summed E-state index contributed by atoms with van der Waals surface area (Å²) in [6, 6.07) is 10.2. The van der Waals surface area contributed by atoms with Crippen LogP contribution in [0.3, 0.4) is 0 Å². The molecule has 7 nitrogen and oxygen atoms in total. The molecule has 0 aliphatic heterocycles. The lowest BCUT2D eigenvalue weighted by Crippen LogP contribution is -2.17.